The Kier molecular flexibility index (Phi) is 9.82. The number of urea groups is 1. The van der Waals surface area contributed by atoms with E-state index in [9.17, 15) is 23.1 Å². The number of hydrogen-bond acceptors (Lipinski definition) is 7. The summed E-state index contributed by atoms with van der Waals surface area (Å²) in [6, 6.07) is 17.1. The molecule has 0 aliphatic carbocycles. The van der Waals surface area contributed by atoms with Crippen LogP contribution in [-0.2, 0) is 10.0 Å². The molecule has 0 saturated heterocycles. The maximum Gasteiger partial charge on any atom is 0.321 e. The predicted octanol–water partition coefficient (Wildman–Crippen LogP) is 4.19. The number of aliphatic hydroxyl groups excluding tert-OH is 1. The first-order chi connectivity index (χ1) is 20.4. The minimum absolute atomic E-state index is 0.0545. The number of anilines is 2. The minimum atomic E-state index is -4.02. The lowest BCUT2D eigenvalue weighted by atomic mass is 9.99. The number of para-hydroxylation sites is 1. The van der Waals surface area contributed by atoms with Gasteiger partial charge in [-0.15, -0.1) is 0 Å². The summed E-state index contributed by atoms with van der Waals surface area (Å²) in [6.07, 6.45) is -0.642. The number of methoxy groups -OCH3 is 1. The van der Waals surface area contributed by atoms with Crippen molar-refractivity contribution in [3.8, 4) is 11.5 Å². The molecule has 1 aliphatic rings. The second kappa shape index (κ2) is 13.3. The summed E-state index contributed by atoms with van der Waals surface area (Å²) in [4.78, 5) is 29.9. The van der Waals surface area contributed by atoms with Gasteiger partial charge < -0.3 is 29.7 Å². The lowest BCUT2D eigenvalue weighted by Crippen LogP contribution is -2.50. The van der Waals surface area contributed by atoms with Gasteiger partial charge >= 0.3 is 6.03 Å². The Hall–Kier alpha value is -4.29. The molecule has 4 rings (SSSR count). The number of fused-ring (bicyclic) bond motifs is 1. The van der Waals surface area contributed by atoms with Gasteiger partial charge in [0.25, 0.3) is 15.9 Å². The van der Waals surface area contributed by atoms with Crippen molar-refractivity contribution in [2.45, 2.75) is 37.8 Å². The fourth-order valence-corrected chi connectivity index (χ4v) is 5.77. The van der Waals surface area contributed by atoms with Crippen LogP contribution in [-0.4, -0.2) is 81.3 Å². The molecule has 0 bridgehead atoms. The Morgan fingerprint density at radius 1 is 1.14 bits per heavy atom. The summed E-state index contributed by atoms with van der Waals surface area (Å²) in [5, 5.41) is 12.8. The number of carbonyl (C=O) groups excluding carboxylic acids is 2. The molecule has 3 aromatic carbocycles. The van der Waals surface area contributed by atoms with Gasteiger partial charge in [-0.05, 0) is 62.4 Å². The number of amides is 3. The number of benzene rings is 3. The Morgan fingerprint density at radius 2 is 1.81 bits per heavy atom. The van der Waals surface area contributed by atoms with Crippen molar-refractivity contribution in [3.05, 3.63) is 77.9 Å². The first-order valence-electron chi connectivity index (χ1n) is 13.9. The summed E-state index contributed by atoms with van der Waals surface area (Å²) in [5.41, 5.74) is 1.72. The molecule has 3 amide bonds. The molecule has 230 valence electrons. The van der Waals surface area contributed by atoms with Gasteiger partial charge in [-0.2, -0.15) is 0 Å². The van der Waals surface area contributed by atoms with Gasteiger partial charge in [-0.3, -0.25) is 9.52 Å². The van der Waals surface area contributed by atoms with Gasteiger partial charge in [0, 0.05) is 25.2 Å². The Bertz CT molecular complexity index is 1550. The van der Waals surface area contributed by atoms with E-state index in [0.717, 1.165) is 5.56 Å². The number of aryl methyl sites for hydroxylation is 1. The van der Waals surface area contributed by atoms with E-state index >= 15 is 0 Å². The molecule has 1 aliphatic heterocycles. The van der Waals surface area contributed by atoms with Crippen LogP contribution in [0, 0.1) is 12.8 Å². The normalized spacial score (nSPS) is 17.5. The molecule has 43 heavy (non-hydrogen) atoms. The summed E-state index contributed by atoms with van der Waals surface area (Å²) in [6.45, 7) is 5.59. The van der Waals surface area contributed by atoms with E-state index in [2.05, 4.69) is 10.0 Å². The summed E-state index contributed by atoms with van der Waals surface area (Å²) >= 11 is 0. The summed E-state index contributed by atoms with van der Waals surface area (Å²) < 4.78 is 40.8. The number of hydrogen-bond donors (Lipinski definition) is 3. The van der Waals surface area contributed by atoms with Gasteiger partial charge in [0.1, 0.15) is 11.9 Å². The van der Waals surface area contributed by atoms with Crippen LogP contribution in [0.4, 0.5) is 16.2 Å². The van der Waals surface area contributed by atoms with Crippen LogP contribution in [0.15, 0.2) is 71.6 Å². The molecule has 0 spiro atoms. The lowest BCUT2D eigenvalue weighted by Gasteiger charge is -2.38. The zero-order valence-electron chi connectivity index (χ0n) is 24.9. The van der Waals surface area contributed by atoms with E-state index in [1.165, 1.54) is 23.1 Å². The molecule has 3 atom stereocenters. The number of ether oxygens (including phenoxy) is 2. The standard InChI is InChI=1S/C31H38N4O7S/c1-20-9-15-25(16-10-20)43(39,40)33-27-8-6-7-26-29(27)42-28(21(2)17-35(30(26)37)22(3)19-36)18-34(4)31(38)32-23-11-13-24(41-5)14-12-23/h6-16,21-22,28,33,36H,17-19H2,1-5H3,(H,32,38)/t21-,22-,28-/m0/s1. The fourth-order valence-electron chi connectivity index (χ4n) is 4.71. The number of sulfonamides is 1. The average molecular weight is 611 g/mol. The molecular weight excluding hydrogens is 572 g/mol. The number of nitrogens with one attached hydrogen (secondary N) is 2. The largest absolute Gasteiger partial charge is 0.497 e. The number of carbonyl (C=O) groups is 2. The number of rotatable bonds is 9. The molecule has 0 unspecified atom stereocenters. The summed E-state index contributed by atoms with van der Waals surface area (Å²) in [5.74, 6) is 0.0126. The first-order valence-corrected chi connectivity index (χ1v) is 15.4. The Morgan fingerprint density at radius 3 is 2.44 bits per heavy atom. The smallest absolute Gasteiger partial charge is 0.321 e. The van der Waals surface area contributed by atoms with Crippen molar-refractivity contribution in [2.75, 3.05) is 43.9 Å². The zero-order chi connectivity index (χ0) is 31.3. The van der Waals surface area contributed by atoms with Gasteiger partial charge in [-0.1, -0.05) is 30.7 Å². The molecule has 0 radical (unpaired) electrons. The van der Waals surface area contributed by atoms with Crippen LogP contribution in [0.1, 0.15) is 29.8 Å². The predicted molar refractivity (Wildman–Crippen MR) is 164 cm³/mol. The molecule has 12 heteroatoms. The molecule has 0 aromatic heterocycles. The average Bonchev–Trinajstić information content (AvgIpc) is 2.99. The van der Waals surface area contributed by atoms with Gasteiger partial charge in [-0.25, -0.2) is 13.2 Å². The molecule has 3 aromatic rings. The van der Waals surface area contributed by atoms with Crippen molar-refractivity contribution < 1.29 is 32.6 Å². The minimum Gasteiger partial charge on any atom is -0.497 e. The highest BCUT2D eigenvalue weighted by atomic mass is 32.2. The SMILES string of the molecule is COc1ccc(NC(=O)N(C)C[C@@H]2Oc3c(NS(=O)(=O)c4ccc(C)cc4)cccc3C(=O)N([C@@H](C)CO)C[C@@H]2C)cc1. The number of aliphatic hydroxyl groups is 1. The highest BCUT2D eigenvalue weighted by Crippen LogP contribution is 2.36. The highest BCUT2D eigenvalue weighted by molar-refractivity contribution is 7.92. The van der Waals surface area contributed by atoms with Crippen LogP contribution in [0.2, 0.25) is 0 Å². The third kappa shape index (κ3) is 7.38. The van der Waals surface area contributed by atoms with Crippen molar-refractivity contribution in [1.29, 1.82) is 0 Å². The van der Waals surface area contributed by atoms with E-state index in [-0.39, 0.29) is 53.5 Å². The molecule has 0 fully saturated rings. The molecular formula is C31H38N4O7S. The molecule has 0 saturated carbocycles. The van der Waals surface area contributed by atoms with Crippen LogP contribution < -0.4 is 19.5 Å². The number of likely N-dealkylation sites (N-methyl/N-ethyl adjacent to an activating group) is 1. The van der Waals surface area contributed by atoms with Crippen LogP contribution in [0.3, 0.4) is 0 Å². The van der Waals surface area contributed by atoms with Crippen molar-refractivity contribution in [2.24, 2.45) is 5.92 Å². The maximum absolute atomic E-state index is 13.7. The monoisotopic (exact) mass is 610 g/mol. The Labute approximate surface area is 252 Å². The van der Waals surface area contributed by atoms with Crippen molar-refractivity contribution in [3.63, 3.8) is 0 Å². The van der Waals surface area contributed by atoms with E-state index in [1.54, 1.807) is 74.5 Å². The lowest BCUT2D eigenvalue weighted by molar-refractivity contribution is 0.0373. The topological polar surface area (TPSA) is 138 Å². The molecule has 3 N–H and O–H groups in total. The van der Waals surface area contributed by atoms with Gasteiger partial charge in [0.05, 0.1) is 42.4 Å². The maximum atomic E-state index is 13.7. The van der Waals surface area contributed by atoms with Crippen LogP contribution in [0.25, 0.3) is 0 Å². The zero-order valence-corrected chi connectivity index (χ0v) is 25.7. The van der Waals surface area contributed by atoms with Crippen LogP contribution in [0.5, 0.6) is 11.5 Å². The molecule has 1 heterocycles. The first kappa shape index (κ1) is 31.6. The summed E-state index contributed by atoms with van der Waals surface area (Å²) in [7, 11) is -0.837. The van der Waals surface area contributed by atoms with E-state index in [4.69, 9.17) is 9.47 Å². The fraction of sp³-hybridized carbons (Fsp3) is 0.355. The van der Waals surface area contributed by atoms with Crippen molar-refractivity contribution >= 4 is 33.3 Å². The number of nitrogens with zero attached hydrogens (tertiary/aromatic N) is 2. The second-order valence-corrected chi connectivity index (χ2v) is 12.4. The third-order valence-corrected chi connectivity index (χ3v) is 8.79. The van der Waals surface area contributed by atoms with Gasteiger partial charge in [0.2, 0.25) is 0 Å². The second-order valence-electron chi connectivity index (χ2n) is 10.8. The van der Waals surface area contributed by atoms with E-state index in [1.807, 2.05) is 13.8 Å². The van der Waals surface area contributed by atoms with E-state index in [0.29, 0.717) is 11.4 Å². The molecule has 11 nitrogen and oxygen atoms in total. The quantitative estimate of drug-likeness (QED) is 0.330. The highest BCUT2D eigenvalue weighted by Gasteiger charge is 2.35. The van der Waals surface area contributed by atoms with Gasteiger partial charge in [0.15, 0.2) is 5.75 Å². The van der Waals surface area contributed by atoms with Crippen LogP contribution >= 0.6 is 0 Å². The van der Waals surface area contributed by atoms with Crippen molar-refractivity contribution in [1.82, 2.24) is 9.80 Å². The Balaban J connectivity index is 1.66. The van der Waals surface area contributed by atoms with E-state index < -0.39 is 28.1 Å². The third-order valence-electron chi connectivity index (χ3n) is 7.41.